The second-order valence-electron chi connectivity index (χ2n) is 7.36. The summed E-state index contributed by atoms with van der Waals surface area (Å²) in [6, 6.07) is 16.9. The van der Waals surface area contributed by atoms with Crippen LogP contribution in [0.4, 0.5) is 11.4 Å². The Morgan fingerprint density at radius 1 is 1.03 bits per heavy atom. The van der Waals surface area contributed by atoms with Crippen molar-refractivity contribution in [2.24, 2.45) is 0 Å². The lowest BCUT2D eigenvalue weighted by Crippen LogP contribution is -2.21. The minimum atomic E-state index is -3.82. The Morgan fingerprint density at radius 3 is 2.41 bits per heavy atom. The molecule has 0 fully saturated rings. The van der Waals surface area contributed by atoms with E-state index in [0.29, 0.717) is 5.69 Å². The van der Waals surface area contributed by atoms with Crippen molar-refractivity contribution in [2.45, 2.75) is 32.1 Å². The summed E-state index contributed by atoms with van der Waals surface area (Å²) in [6.07, 6.45) is 0.788. The number of para-hydroxylation sites is 1. The fourth-order valence-corrected chi connectivity index (χ4v) is 4.51. The van der Waals surface area contributed by atoms with E-state index >= 15 is 0 Å². The number of sulfonamides is 1. The molecule has 0 saturated heterocycles. The number of aryl methyl sites for hydroxylation is 3. The SMILES string of the molecule is CCc1cccc(C)c1NC(=O)COc1ccc(S(=O)(=O)Nc2ccc(C)cc2)cc1Cl. The first-order chi connectivity index (χ1) is 15.2. The Labute approximate surface area is 193 Å². The number of ether oxygens (including phenoxy) is 1. The van der Waals surface area contributed by atoms with Crippen molar-refractivity contribution in [3.63, 3.8) is 0 Å². The Hall–Kier alpha value is -3.03. The maximum Gasteiger partial charge on any atom is 0.262 e. The molecule has 0 aliphatic carbocycles. The zero-order valence-electron chi connectivity index (χ0n) is 18.1. The van der Waals surface area contributed by atoms with Crippen LogP contribution in [0.5, 0.6) is 5.75 Å². The molecular weight excluding hydrogens is 448 g/mol. The van der Waals surface area contributed by atoms with Gasteiger partial charge in [0.05, 0.1) is 9.92 Å². The van der Waals surface area contributed by atoms with Gasteiger partial charge in [0.15, 0.2) is 6.61 Å². The van der Waals surface area contributed by atoms with Crippen LogP contribution in [0, 0.1) is 13.8 Å². The fourth-order valence-electron chi connectivity index (χ4n) is 3.12. The first-order valence-electron chi connectivity index (χ1n) is 10.1. The third kappa shape index (κ3) is 5.81. The van der Waals surface area contributed by atoms with E-state index in [9.17, 15) is 13.2 Å². The van der Waals surface area contributed by atoms with Crippen molar-refractivity contribution < 1.29 is 17.9 Å². The number of anilines is 2. The van der Waals surface area contributed by atoms with Gasteiger partial charge >= 0.3 is 0 Å². The number of rotatable bonds is 8. The van der Waals surface area contributed by atoms with Crippen molar-refractivity contribution in [1.82, 2.24) is 0 Å². The maximum atomic E-state index is 12.6. The molecule has 0 aliphatic heterocycles. The van der Waals surface area contributed by atoms with Crippen LogP contribution in [0.1, 0.15) is 23.6 Å². The van der Waals surface area contributed by atoms with Gasteiger partial charge in [0.2, 0.25) is 0 Å². The summed E-state index contributed by atoms with van der Waals surface area (Å²) in [6.45, 7) is 5.60. The van der Waals surface area contributed by atoms with Gasteiger partial charge in [-0.05, 0) is 61.7 Å². The topological polar surface area (TPSA) is 84.5 Å². The number of benzene rings is 3. The molecule has 3 rings (SSSR count). The molecule has 32 heavy (non-hydrogen) atoms. The molecule has 8 heteroatoms. The molecule has 0 spiro atoms. The second-order valence-corrected chi connectivity index (χ2v) is 9.45. The van der Waals surface area contributed by atoms with E-state index in [1.165, 1.54) is 18.2 Å². The molecule has 0 atom stereocenters. The van der Waals surface area contributed by atoms with Gasteiger partial charge in [-0.3, -0.25) is 9.52 Å². The first-order valence-corrected chi connectivity index (χ1v) is 12.0. The van der Waals surface area contributed by atoms with Gasteiger partial charge in [-0.25, -0.2) is 8.42 Å². The van der Waals surface area contributed by atoms with Crippen LogP contribution in [0.25, 0.3) is 0 Å². The van der Waals surface area contributed by atoms with Gasteiger partial charge in [-0.2, -0.15) is 0 Å². The lowest BCUT2D eigenvalue weighted by Gasteiger charge is -2.14. The molecule has 0 radical (unpaired) electrons. The van der Waals surface area contributed by atoms with E-state index < -0.39 is 10.0 Å². The zero-order valence-corrected chi connectivity index (χ0v) is 19.7. The maximum absolute atomic E-state index is 12.6. The van der Waals surface area contributed by atoms with E-state index in [0.717, 1.165) is 28.8 Å². The third-order valence-electron chi connectivity index (χ3n) is 4.88. The van der Waals surface area contributed by atoms with Gasteiger partial charge in [0, 0.05) is 11.4 Å². The van der Waals surface area contributed by atoms with Crippen LogP contribution < -0.4 is 14.8 Å². The smallest absolute Gasteiger partial charge is 0.262 e. The third-order valence-corrected chi connectivity index (χ3v) is 6.55. The van der Waals surface area contributed by atoms with Crippen molar-refractivity contribution >= 4 is 38.9 Å². The Balaban J connectivity index is 1.66. The number of amides is 1. The molecule has 0 saturated carbocycles. The molecule has 1 amide bonds. The van der Waals surface area contributed by atoms with Crippen LogP contribution >= 0.6 is 11.6 Å². The molecular formula is C24H25ClN2O4S. The summed E-state index contributed by atoms with van der Waals surface area (Å²) in [4.78, 5) is 12.4. The largest absolute Gasteiger partial charge is 0.482 e. The molecule has 168 valence electrons. The highest BCUT2D eigenvalue weighted by Gasteiger charge is 2.17. The van der Waals surface area contributed by atoms with Crippen molar-refractivity contribution in [2.75, 3.05) is 16.6 Å². The van der Waals surface area contributed by atoms with Crippen molar-refractivity contribution in [3.05, 3.63) is 82.4 Å². The molecule has 0 unspecified atom stereocenters. The monoisotopic (exact) mass is 472 g/mol. The molecule has 2 N–H and O–H groups in total. The quantitative estimate of drug-likeness (QED) is 0.463. The highest BCUT2D eigenvalue weighted by atomic mass is 35.5. The molecule has 0 heterocycles. The standard InChI is InChI=1S/C24H25ClN2O4S/c1-4-18-7-5-6-17(3)24(18)26-23(28)15-31-22-13-12-20(14-21(22)25)32(29,30)27-19-10-8-16(2)9-11-19/h5-14,27H,4,15H2,1-3H3,(H,26,28). The summed E-state index contributed by atoms with van der Waals surface area (Å²) in [5.41, 5.74) is 4.25. The molecule has 6 nitrogen and oxygen atoms in total. The molecule has 0 aliphatic rings. The van der Waals surface area contributed by atoms with E-state index in [-0.39, 0.29) is 28.2 Å². The molecule has 3 aromatic carbocycles. The Kier molecular flexibility index (Phi) is 7.43. The van der Waals surface area contributed by atoms with E-state index in [1.54, 1.807) is 12.1 Å². The average molecular weight is 473 g/mol. The summed E-state index contributed by atoms with van der Waals surface area (Å²) in [7, 11) is -3.82. The van der Waals surface area contributed by atoms with Gasteiger partial charge in [0.1, 0.15) is 5.75 Å². The summed E-state index contributed by atoms with van der Waals surface area (Å²) < 4.78 is 33.3. The fraction of sp³-hybridized carbons (Fsp3) is 0.208. The van der Waals surface area contributed by atoms with Crippen LogP contribution in [0.3, 0.4) is 0 Å². The summed E-state index contributed by atoms with van der Waals surface area (Å²) >= 11 is 6.23. The van der Waals surface area contributed by atoms with Crippen molar-refractivity contribution in [1.29, 1.82) is 0 Å². The van der Waals surface area contributed by atoms with Gasteiger partial charge < -0.3 is 10.1 Å². The number of carbonyl (C=O) groups is 1. The zero-order chi connectivity index (χ0) is 23.3. The predicted octanol–water partition coefficient (Wildman–Crippen LogP) is 5.34. The lowest BCUT2D eigenvalue weighted by atomic mass is 10.1. The highest BCUT2D eigenvalue weighted by molar-refractivity contribution is 7.92. The lowest BCUT2D eigenvalue weighted by molar-refractivity contribution is -0.118. The van der Waals surface area contributed by atoms with Crippen LogP contribution in [0.2, 0.25) is 5.02 Å². The Morgan fingerprint density at radius 2 is 1.75 bits per heavy atom. The van der Waals surface area contributed by atoms with Crippen LogP contribution in [-0.4, -0.2) is 20.9 Å². The van der Waals surface area contributed by atoms with Crippen LogP contribution in [0.15, 0.2) is 65.6 Å². The van der Waals surface area contributed by atoms with Gasteiger partial charge in [-0.15, -0.1) is 0 Å². The number of carbonyl (C=O) groups excluding carboxylic acids is 1. The first kappa shape index (κ1) is 23.6. The van der Waals surface area contributed by atoms with Gasteiger partial charge in [0.25, 0.3) is 15.9 Å². The average Bonchev–Trinajstić information content (AvgIpc) is 2.75. The number of hydrogen-bond donors (Lipinski definition) is 2. The van der Waals surface area contributed by atoms with E-state index in [1.807, 2.05) is 51.1 Å². The van der Waals surface area contributed by atoms with Crippen molar-refractivity contribution in [3.8, 4) is 5.75 Å². The van der Waals surface area contributed by atoms with E-state index in [2.05, 4.69) is 10.0 Å². The number of halogens is 1. The molecule has 0 aromatic heterocycles. The normalized spacial score (nSPS) is 11.1. The van der Waals surface area contributed by atoms with E-state index in [4.69, 9.17) is 16.3 Å². The molecule has 3 aromatic rings. The Bertz CT molecular complexity index is 1230. The predicted molar refractivity (Wildman–Crippen MR) is 128 cm³/mol. The summed E-state index contributed by atoms with van der Waals surface area (Å²) in [5.74, 6) is -0.112. The van der Waals surface area contributed by atoms with Gasteiger partial charge in [-0.1, -0.05) is 54.4 Å². The number of nitrogens with one attached hydrogen (secondary N) is 2. The number of hydrogen-bond acceptors (Lipinski definition) is 4. The summed E-state index contributed by atoms with van der Waals surface area (Å²) in [5, 5.41) is 2.97. The minimum absolute atomic E-state index is 0.00706. The van der Waals surface area contributed by atoms with Crippen LogP contribution in [-0.2, 0) is 21.2 Å². The minimum Gasteiger partial charge on any atom is -0.482 e. The highest BCUT2D eigenvalue weighted by Crippen LogP contribution is 2.28. The second kappa shape index (κ2) is 10.1. The molecule has 0 bridgehead atoms.